The van der Waals surface area contributed by atoms with Gasteiger partial charge in [0.1, 0.15) is 0 Å². The molecule has 21 heavy (non-hydrogen) atoms. The molecular formula is C13H20N2O4S2. The molecule has 1 aliphatic carbocycles. The Kier molecular flexibility index (Phi) is 4.72. The molecule has 0 aliphatic heterocycles. The quantitative estimate of drug-likeness (QED) is 0.844. The predicted octanol–water partition coefficient (Wildman–Crippen LogP) is 1.19. The number of hydrogen-bond acceptors (Lipinski definition) is 4. The van der Waals surface area contributed by atoms with E-state index in [2.05, 4.69) is 4.72 Å². The van der Waals surface area contributed by atoms with Crippen LogP contribution < -0.4 is 9.86 Å². The Hall–Kier alpha value is -0.960. The predicted molar refractivity (Wildman–Crippen MR) is 79.6 cm³/mol. The van der Waals surface area contributed by atoms with Crippen LogP contribution in [0.2, 0.25) is 0 Å². The summed E-state index contributed by atoms with van der Waals surface area (Å²) in [6.45, 7) is 1.84. The van der Waals surface area contributed by atoms with Gasteiger partial charge in [-0.25, -0.2) is 26.7 Å². The molecule has 6 nitrogen and oxygen atoms in total. The van der Waals surface area contributed by atoms with Gasteiger partial charge in [-0.1, -0.05) is 18.9 Å². The van der Waals surface area contributed by atoms with E-state index in [1.807, 2.05) is 6.92 Å². The lowest BCUT2D eigenvalue weighted by molar-refractivity contribution is 0.424. The van der Waals surface area contributed by atoms with Gasteiger partial charge < -0.3 is 0 Å². The Bertz CT molecular complexity index is 707. The van der Waals surface area contributed by atoms with Gasteiger partial charge in [0.25, 0.3) is 0 Å². The van der Waals surface area contributed by atoms with Crippen molar-refractivity contribution in [3.8, 4) is 0 Å². The molecule has 0 radical (unpaired) electrons. The zero-order valence-corrected chi connectivity index (χ0v) is 13.5. The first-order valence-corrected chi connectivity index (χ1v) is 9.88. The van der Waals surface area contributed by atoms with Gasteiger partial charge in [-0.15, -0.1) is 0 Å². The van der Waals surface area contributed by atoms with E-state index in [1.165, 1.54) is 18.2 Å². The van der Waals surface area contributed by atoms with E-state index in [0.29, 0.717) is 5.92 Å². The van der Waals surface area contributed by atoms with Crippen LogP contribution in [0.1, 0.15) is 32.6 Å². The van der Waals surface area contributed by atoms with Gasteiger partial charge in [-0.3, -0.25) is 0 Å². The van der Waals surface area contributed by atoms with Crippen molar-refractivity contribution in [2.24, 2.45) is 11.1 Å². The molecule has 0 bridgehead atoms. The van der Waals surface area contributed by atoms with E-state index in [1.54, 1.807) is 0 Å². The second-order valence-corrected chi connectivity index (χ2v) is 8.75. The van der Waals surface area contributed by atoms with Crippen molar-refractivity contribution in [1.82, 2.24) is 4.72 Å². The topological polar surface area (TPSA) is 106 Å². The van der Waals surface area contributed by atoms with Gasteiger partial charge in [0.2, 0.25) is 20.0 Å². The van der Waals surface area contributed by atoms with Crippen LogP contribution in [0.5, 0.6) is 0 Å². The Morgan fingerprint density at radius 2 is 1.71 bits per heavy atom. The van der Waals surface area contributed by atoms with Crippen LogP contribution in [-0.4, -0.2) is 22.9 Å². The second-order valence-electron chi connectivity index (χ2n) is 5.47. The highest BCUT2D eigenvalue weighted by Crippen LogP contribution is 2.28. The fourth-order valence-corrected chi connectivity index (χ4v) is 4.68. The lowest BCUT2D eigenvalue weighted by atomic mass is 10.0. The molecule has 0 aromatic heterocycles. The standard InChI is InChI=1S/C13H20N2O4S2/c1-10(11-5-2-3-6-11)15-21(18,19)13-8-4-7-12(9-13)20(14,16)17/h4,7-11,15H,2-3,5-6H2,1H3,(H2,14,16,17). The smallest absolute Gasteiger partial charge is 0.225 e. The van der Waals surface area contributed by atoms with E-state index >= 15 is 0 Å². The van der Waals surface area contributed by atoms with Crippen LogP contribution in [-0.2, 0) is 20.0 Å². The molecule has 0 saturated heterocycles. The second kappa shape index (κ2) is 6.04. The van der Waals surface area contributed by atoms with Gasteiger partial charge in [0, 0.05) is 6.04 Å². The summed E-state index contributed by atoms with van der Waals surface area (Å²) in [5.74, 6) is 0.334. The normalized spacial score (nSPS) is 18.8. The summed E-state index contributed by atoms with van der Waals surface area (Å²) < 4.78 is 49.9. The molecule has 0 spiro atoms. The number of sulfonamides is 2. The van der Waals surface area contributed by atoms with Crippen LogP contribution in [0.4, 0.5) is 0 Å². The summed E-state index contributed by atoms with van der Waals surface area (Å²) in [7, 11) is -7.67. The molecule has 3 N–H and O–H groups in total. The number of benzene rings is 1. The van der Waals surface area contributed by atoms with E-state index in [0.717, 1.165) is 31.7 Å². The molecule has 118 valence electrons. The van der Waals surface area contributed by atoms with Gasteiger partial charge in [-0.05, 0) is 43.9 Å². The maximum Gasteiger partial charge on any atom is 0.240 e. The summed E-state index contributed by atoms with van der Waals surface area (Å²) in [6.07, 6.45) is 4.27. The molecule has 2 rings (SSSR count). The highest BCUT2D eigenvalue weighted by atomic mass is 32.2. The minimum absolute atomic E-state index is 0.0844. The SMILES string of the molecule is CC(NS(=O)(=O)c1cccc(S(N)(=O)=O)c1)C1CCCC1. The number of hydrogen-bond donors (Lipinski definition) is 2. The fourth-order valence-electron chi connectivity index (χ4n) is 2.68. The number of primary sulfonamides is 1. The third-order valence-electron chi connectivity index (χ3n) is 3.89. The highest BCUT2D eigenvalue weighted by Gasteiger charge is 2.26. The molecule has 1 fully saturated rings. The van der Waals surface area contributed by atoms with E-state index in [-0.39, 0.29) is 15.8 Å². The summed E-state index contributed by atoms with van der Waals surface area (Å²) >= 11 is 0. The lowest BCUT2D eigenvalue weighted by Gasteiger charge is -2.20. The summed E-state index contributed by atoms with van der Waals surface area (Å²) in [5.41, 5.74) is 0. The minimum Gasteiger partial charge on any atom is -0.225 e. The van der Waals surface area contributed by atoms with E-state index < -0.39 is 20.0 Å². The zero-order valence-electron chi connectivity index (χ0n) is 11.8. The van der Waals surface area contributed by atoms with Crippen LogP contribution >= 0.6 is 0 Å². The van der Waals surface area contributed by atoms with Crippen molar-refractivity contribution >= 4 is 20.0 Å². The Morgan fingerprint density at radius 1 is 1.14 bits per heavy atom. The fraction of sp³-hybridized carbons (Fsp3) is 0.538. The summed E-state index contributed by atoms with van der Waals surface area (Å²) in [6, 6.07) is 4.91. The van der Waals surface area contributed by atoms with Crippen molar-refractivity contribution in [3.63, 3.8) is 0 Å². The molecule has 0 heterocycles. The molecule has 1 aromatic rings. The summed E-state index contributed by atoms with van der Waals surface area (Å²) in [4.78, 5) is -0.294. The highest BCUT2D eigenvalue weighted by molar-refractivity contribution is 7.90. The van der Waals surface area contributed by atoms with Crippen LogP contribution in [0.15, 0.2) is 34.1 Å². The molecule has 1 aromatic carbocycles. The number of rotatable bonds is 5. The molecule has 1 atom stereocenters. The molecular weight excluding hydrogens is 312 g/mol. The summed E-state index contributed by atoms with van der Waals surface area (Å²) in [5, 5.41) is 5.03. The molecule has 1 unspecified atom stereocenters. The van der Waals surface area contributed by atoms with Crippen LogP contribution in [0.25, 0.3) is 0 Å². The van der Waals surface area contributed by atoms with E-state index in [4.69, 9.17) is 5.14 Å². The third kappa shape index (κ3) is 4.03. The van der Waals surface area contributed by atoms with Crippen LogP contribution in [0, 0.1) is 5.92 Å². The zero-order chi connectivity index (χ0) is 15.7. The number of nitrogens with one attached hydrogen (secondary N) is 1. The van der Waals surface area contributed by atoms with Crippen molar-refractivity contribution in [1.29, 1.82) is 0 Å². The van der Waals surface area contributed by atoms with Crippen LogP contribution in [0.3, 0.4) is 0 Å². The largest absolute Gasteiger partial charge is 0.240 e. The number of nitrogens with two attached hydrogens (primary N) is 1. The minimum atomic E-state index is -3.92. The average molecular weight is 332 g/mol. The molecule has 1 saturated carbocycles. The third-order valence-corrected chi connectivity index (χ3v) is 6.36. The first-order valence-electron chi connectivity index (χ1n) is 6.85. The first kappa shape index (κ1) is 16.4. The van der Waals surface area contributed by atoms with Crippen molar-refractivity contribution in [2.45, 2.75) is 48.4 Å². The molecule has 1 aliphatic rings. The van der Waals surface area contributed by atoms with Gasteiger partial charge in [0.15, 0.2) is 0 Å². The molecule has 8 heteroatoms. The average Bonchev–Trinajstić information content (AvgIpc) is 2.91. The lowest BCUT2D eigenvalue weighted by Crippen LogP contribution is -2.37. The maximum atomic E-state index is 12.3. The maximum absolute atomic E-state index is 12.3. The first-order chi connectivity index (χ1) is 9.70. The van der Waals surface area contributed by atoms with Crippen molar-refractivity contribution in [2.75, 3.05) is 0 Å². The Balaban J connectivity index is 2.23. The molecule has 0 amide bonds. The Labute approximate surface area is 125 Å². The monoisotopic (exact) mass is 332 g/mol. The Morgan fingerprint density at radius 3 is 2.29 bits per heavy atom. The van der Waals surface area contributed by atoms with E-state index in [9.17, 15) is 16.8 Å². The van der Waals surface area contributed by atoms with Crippen molar-refractivity contribution < 1.29 is 16.8 Å². The van der Waals surface area contributed by atoms with Crippen molar-refractivity contribution in [3.05, 3.63) is 24.3 Å². The van der Waals surface area contributed by atoms with Gasteiger partial charge in [0.05, 0.1) is 9.79 Å². The van der Waals surface area contributed by atoms with Gasteiger partial charge >= 0.3 is 0 Å². The van der Waals surface area contributed by atoms with Gasteiger partial charge in [-0.2, -0.15) is 0 Å².